The Morgan fingerprint density at radius 3 is 2.64 bits per heavy atom. The van der Waals surface area contributed by atoms with E-state index in [0.717, 1.165) is 18.6 Å². The van der Waals surface area contributed by atoms with Gasteiger partial charge in [-0.2, -0.15) is 0 Å². The van der Waals surface area contributed by atoms with Gasteiger partial charge in [-0.1, -0.05) is 6.07 Å². The van der Waals surface area contributed by atoms with Crippen molar-refractivity contribution in [3.63, 3.8) is 0 Å². The van der Waals surface area contributed by atoms with Gasteiger partial charge in [0.05, 0.1) is 4.92 Å². The number of carbonyl (C=O) groups excluding carboxylic acids is 1. The minimum absolute atomic E-state index is 0.0398. The maximum atomic E-state index is 12.3. The number of hydrogen-bond acceptors (Lipinski definition) is 5. The lowest BCUT2D eigenvalue weighted by atomic mass is 10.1. The van der Waals surface area contributed by atoms with Crippen LogP contribution in [0.3, 0.4) is 0 Å². The van der Waals surface area contributed by atoms with Crippen molar-refractivity contribution in [3.05, 3.63) is 87.4 Å². The molecule has 0 radical (unpaired) electrons. The number of fused-ring (bicyclic) bond motifs is 1. The summed E-state index contributed by atoms with van der Waals surface area (Å²) >= 11 is 0. The highest BCUT2D eigenvalue weighted by Crippen LogP contribution is 2.26. The number of ether oxygens (including phenoxy) is 1. The van der Waals surface area contributed by atoms with E-state index in [4.69, 9.17) is 9.15 Å². The molecule has 28 heavy (non-hydrogen) atoms. The van der Waals surface area contributed by atoms with E-state index >= 15 is 0 Å². The summed E-state index contributed by atoms with van der Waals surface area (Å²) in [6.07, 6.45) is 3.39. The van der Waals surface area contributed by atoms with Gasteiger partial charge in [-0.05, 0) is 66.8 Å². The molecule has 0 bridgehead atoms. The Morgan fingerprint density at radius 1 is 1.07 bits per heavy atom. The number of nitrogens with zero attached hydrogens (tertiary/aromatic N) is 1. The molecule has 0 fully saturated rings. The number of anilines is 1. The molecule has 2 aromatic carbocycles. The van der Waals surface area contributed by atoms with E-state index in [1.807, 2.05) is 6.07 Å². The Balaban J connectivity index is 1.35. The fourth-order valence-corrected chi connectivity index (χ4v) is 3.23. The first kappa shape index (κ1) is 17.8. The van der Waals surface area contributed by atoms with Crippen molar-refractivity contribution in [1.82, 2.24) is 0 Å². The Hall–Kier alpha value is -3.61. The van der Waals surface area contributed by atoms with Gasteiger partial charge in [0.25, 0.3) is 11.6 Å². The fourth-order valence-electron chi connectivity index (χ4n) is 3.23. The largest absolute Gasteiger partial charge is 0.486 e. The van der Waals surface area contributed by atoms with Crippen molar-refractivity contribution in [1.29, 1.82) is 0 Å². The first-order valence-corrected chi connectivity index (χ1v) is 8.97. The average molecular weight is 378 g/mol. The highest BCUT2D eigenvalue weighted by atomic mass is 16.6. The third-order valence-corrected chi connectivity index (χ3v) is 4.67. The van der Waals surface area contributed by atoms with Gasteiger partial charge < -0.3 is 14.5 Å². The molecule has 0 atom stereocenters. The Bertz CT molecular complexity index is 1020. The van der Waals surface area contributed by atoms with Crippen LogP contribution in [0.5, 0.6) is 5.75 Å². The lowest BCUT2D eigenvalue weighted by Gasteiger charge is -2.07. The predicted molar refractivity (Wildman–Crippen MR) is 103 cm³/mol. The summed E-state index contributed by atoms with van der Waals surface area (Å²) in [6.45, 7) is 0.226. The van der Waals surface area contributed by atoms with E-state index in [1.165, 1.54) is 41.8 Å². The molecule has 7 nitrogen and oxygen atoms in total. The smallest absolute Gasteiger partial charge is 0.291 e. The number of rotatable bonds is 6. The van der Waals surface area contributed by atoms with E-state index in [9.17, 15) is 14.9 Å². The summed E-state index contributed by atoms with van der Waals surface area (Å²) < 4.78 is 11.3. The second-order valence-electron chi connectivity index (χ2n) is 6.60. The van der Waals surface area contributed by atoms with Gasteiger partial charge in [0.1, 0.15) is 18.1 Å². The van der Waals surface area contributed by atoms with Gasteiger partial charge in [-0.15, -0.1) is 0 Å². The van der Waals surface area contributed by atoms with E-state index in [-0.39, 0.29) is 18.1 Å². The minimum atomic E-state index is -0.495. The molecular formula is C21H18N2O5. The van der Waals surface area contributed by atoms with Crippen LogP contribution < -0.4 is 10.1 Å². The molecule has 1 heterocycles. The molecule has 3 aromatic rings. The quantitative estimate of drug-likeness (QED) is 0.503. The number of benzene rings is 2. The van der Waals surface area contributed by atoms with E-state index in [0.29, 0.717) is 11.4 Å². The number of amides is 1. The number of furan rings is 1. The number of hydrogen-bond donors (Lipinski definition) is 1. The predicted octanol–water partition coefficient (Wildman–Crippen LogP) is 4.51. The molecule has 0 saturated heterocycles. The van der Waals surface area contributed by atoms with Crippen molar-refractivity contribution < 1.29 is 18.9 Å². The first-order valence-electron chi connectivity index (χ1n) is 8.97. The number of nitro groups is 1. The SMILES string of the molecule is O=C(Nc1ccc([N+](=O)[O-])cc1)c1ccc(COc2ccc3c(c2)CCC3)o1. The molecular weight excluding hydrogens is 360 g/mol. The Kier molecular flexibility index (Phi) is 4.80. The summed E-state index contributed by atoms with van der Waals surface area (Å²) in [5, 5.41) is 13.3. The zero-order valence-electron chi connectivity index (χ0n) is 15.0. The number of carbonyl (C=O) groups is 1. The lowest BCUT2D eigenvalue weighted by molar-refractivity contribution is -0.384. The van der Waals surface area contributed by atoms with Gasteiger partial charge >= 0.3 is 0 Å². The molecule has 1 aromatic heterocycles. The van der Waals surface area contributed by atoms with Crippen molar-refractivity contribution in [2.24, 2.45) is 0 Å². The second-order valence-corrected chi connectivity index (χ2v) is 6.60. The third-order valence-electron chi connectivity index (χ3n) is 4.67. The maximum Gasteiger partial charge on any atom is 0.291 e. The van der Waals surface area contributed by atoms with Gasteiger partial charge in [0, 0.05) is 17.8 Å². The van der Waals surface area contributed by atoms with Crippen molar-refractivity contribution in [2.45, 2.75) is 25.9 Å². The Morgan fingerprint density at radius 2 is 1.86 bits per heavy atom. The lowest BCUT2D eigenvalue weighted by Crippen LogP contribution is -2.10. The fraction of sp³-hybridized carbons (Fsp3) is 0.190. The standard InChI is InChI=1S/C21H18N2O5/c24-21(22-16-5-7-17(8-6-16)23(25)26)20-11-10-19(28-20)13-27-18-9-4-14-2-1-3-15(14)12-18/h4-12H,1-3,13H2,(H,22,24). The molecule has 0 unspecified atom stereocenters. The van der Waals surface area contributed by atoms with Crippen molar-refractivity contribution >= 4 is 17.3 Å². The van der Waals surface area contributed by atoms with E-state index in [1.54, 1.807) is 12.1 Å². The van der Waals surface area contributed by atoms with Crippen molar-refractivity contribution in [2.75, 3.05) is 5.32 Å². The van der Waals surface area contributed by atoms with Crippen LogP contribution in [0, 0.1) is 10.1 Å². The zero-order chi connectivity index (χ0) is 19.5. The van der Waals surface area contributed by atoms with Gasteiger partial charge in [-0.25, -0.2) is 0 Å². The van der Waals surface area contributed by atoms with E-state index < -0.39 is 10.8 Å². The van der Waals surface area contributed by atoms with Crippen LogP contribution >= 0.6 is 0 Å². The molecule has 0 saturated carbocycles. The Labute approximate surface area is 161 Å². The van der Waals surface area contributed by atoms with Gasteiger partial charge in [0.15, 0.2) is 5.76 Å². The molecule has 1 aliphatic carbocycles. The molecule has 1 N–H and O–H groups in total. The molecule has 1 aliphatic rings. The molecule has 4 rings (SSSR count). The van der Waals surface area contributed by atoms with Crippen LogP contribution in [-0.2, 0) is 19.4 Å². The number of aryl methyl sites for hydroxylation is 2. The topological polar surface area (TPSA) is 94.6 Å². The third kappa shape index (κ3) is 3.88. The summed E-state index contributed by atoms with van der Waals surface area (Å²) in [4.78, 5) is 22.4. The molecule has 142 valence electrons. The van der Waals surface area contributed by atoms with E-state index in [2.05, 4.69) is 17.4 Å². The van der Waals surface area contributed by atoms with Crippen LogP contribution in [0.4, 0.5) is 11.4 Å². The highest BCUT2D eigenvalue weighted by Gasteiger charge is 2.14. The van der Waals surface area contributed by atoms with Gasteiger partial charge in [-0.3, -0.25) is 14.9 Å². The zero-order valence-corrected chi connectivity index (χ0v) is 15.0. The van der Waals surface area contributed by atoms with Crippen molar-refractivity contribution in [3.8, 4) is 5.75 Å². The summed E-state index contributed by atoms with van der Waals surface area (Å²) in [7, 11) is 0. The van der Waals surface area contributed by atoms with Crippen LogP contribution in [0.25, 0.3) is 0 Å². The highest BCUT2D eigenvalue weighted by molar-refractivity contribution is 6.02. The average Bonchev–Trinajstić information content (AvgIpc) is 3.35. The van der Waals surface area contributed by atoms with Crippen LogP contribution in [0.2, 0.25) is 0 Å². The monoisotopic (exact) mass is 378 g/mol. The van der Waals surface area contributed by atoms with Crippen LogP contribution in [0.1, 0.15) is 33.9 Å². The maximum absolute atomic E-state index is 12.3. The summed E-state index contributed by atoms with van der Waals surface area (Å²) in [6, 6.07) is 15.0. The van der Waals surface area contributed by atoms with Gasteiger partial charge in [0.2, 0.25) is 0 Å². The first-order chi connectivity index (χ1) is 13.6. The summed E-state index contributed by atoms with van der Waals surface area (Å²) in [5.41, 5.74) is 3.13. The number of nitrogens with one attached hydrogen (secondary N) is 1. The molecule has 1 amide bonds. The van der Waals surface area contributed by atoms with Crippen LogP contribution in [0.15, 0.2) is 59.0 Å². The number of non-ortho nitro benzene ring substituents is 1. The molecule has 7 heteroatoms. The normalized spacial score (nSPS) is 12.4. The second kappa shape index (κ2) is 7.56. The molecule has 0 aliphatic heterocycles. The summed E-state index contributed by atoms with van der Waals surface area (Å²) in [5.74, 6) is 1.03. The van der Waals surface area contributed by atoms with Crippen LogP contribution in [-0.4, -0.2) is 10.8 Å². The number of nitro benzene ring substituents is 1. The minimum Gasteiger partial charge on any atom is -0.486 e. The molecule has 0 spiro atoms.